The van der Waals surface area contributed by atoms with Gasteiger partial charge in [-0.1, -0.05) is 0 Å². The van der Waals surface area contributed by atoms with E-state index in [0.717, 1.165) is 18.7 Å². The molecule has 20 heavy (non-hydrogen) atoms. The van der Waals surface area contributed by atoms with E-state index in [1.54, 1.807) is 43.1 Å². The predicted molar refractivity (Wildman–Crippen MR) is 87.2 cm³/mol. The molecule has 7 heteroatoms. The van der Waals surface area contributed by atoms with Crippen LogP contribution < -0.4 is 20.9 Å². The Bertz CT molecular complexity index is 438. The monoisotopic (exact) mass is 313 g/mol. The smallest absolute Gasteiger partial charge is 0.269 e. The highest BCUT2D eigenvalue weighted by molar-refractivity contribution is 7.98. The molecule has 0 atom stereocenters. The van der Waals surface area contributed by atoms with Crippen LogP contribution in [0.3, 0.4) is 0 Å². The maximum atomic E-state index is 11.8. The quantitative estimate of drug-likeness (QED) is 0.421. The largest absolute Gasteiger partial charge is 0.497 e. The molecule has 0 spiro atoms. The summed E-state index contributed by atoms with van der Waals surface area (Å²) in [6.07, 6.45) is 3.08. The molecule has 1 aromatic rings. The maximum absolute atomic E-state index is 11.8. The van der Waals surface area contributed by atoms with Gasteiger partial charge < -0.3 is 10.1 Å². The first-order valence-electron chi connectivity index (χ1n) is 6.14. The fourth-order valence-electron chi connectivity index (χ4n) is 1.39. The number of benzene rings is 1. The summed E-state index contributed by atoms with van der Waals surface area (Å²) in [5, 5.41) is 3.42. The minimum absolute atomic E-state index is 0.249. The van der Waals surface area contributed by atoms with E-state index in [9.17, 15) is 4.79 Å². The normalized spacial score (nSPS) is 9.70. The molecule has 1 rings (SSSR count). The highest BCUT2D eigenvalue weighted by Gasteiger charge is 2.05. The van der Waals surface area contributed by atoms with E-state index >= 15 is 0 Å². The van der Waals surface area contributed by atoms with Gasteiger partial charge in [-0.2, -0.15) is 11.8 Å². The molecule has 0 saturated heterocycles. The molecule has 0 aliphatic heterocycles. The molecular weight excluding hydrogens is 294 g/mol. The van der Waals surface area contributed by atoms with E-state index in [4.69, 9.17) is 17.0 Å². The van der Waals surface area contributed by atoms with E-state index in [-0.39, 0.29) is 5.91 Å². The minimum atomic E-state index is -0.249. The second-order valence-electron chi connectivity index (χ2n) is 3.91. The van der Waals surface area contributed by atoms with Crippen molar-refractivity contribution < 1.29 is 9.53 Å². The first kappa shape index (κ1) is 16.6. The number of carbonyl (C=O) groups is 1. The van der Waals surface area contributed by atoms with Crippen molar-refractivity contribution >= 4 is 35.0 Å². The molecule has 0 heterocycles. The number of methoxy groups -OCH3 is 1. The summed E-state index contributed by atoms with van der Waals surface area (Å²) < 4.78 is 5.03. The third kappa shape index (κ3) is 6.12. The lowest BCUT2D eigenvalue weighted by molar-refractivity contribution is 0.0943. The Morgan fingerprint density at radius 3 is 2.60 bits per heavy atom. The summed E-state index contributed by atoms with van der Waals surface area (Å²) in [5.74, 6) is 1.54. The third-order valence-corrected chi connectivity index (χ3v) is 3.40. The number of carbonyl (C=O) groups excluding carboxylic acids is 1. The first-order chi connectivity index (χ1) is 9.67. The summed E-state index contributed by atoms with van der Waals surface area (Å²) in [6, 6.07) is 6.83. The second kappa shape index (κ2) is 9.44. The molecule has 0 aliphatic carbocycles. The molecule has 110 valence electrons. The van der Waals surface area contributed by atoms with Crippen LogP contribution in [0.2, 0.25) is 0 Å². The van der Waals surface area contributed by atoms with Crippen LogP contribution in [0.4, 0.5) is 0 Å². The van der Waals surface area contributed by atoms with E-state index < -0.39 is 0 Å². The summed E-state index contributed by atoms with van der Waals surface area (Å²) in [4.78, 5) is 11.8. The van der Waals surface area contributed by atoms with Gasteiger partial charge >= 0.3 is 0 Å². The summed E-state index contributed by atoms with van der Waals surface area (Å²) in [6.45, 7) is 0.783. The Morgan fingerprint density at radius 1 is 1.30 bits per heavy atom. The first-order valence-corrected chi connectivity index (χ1v) is 7.94. The number of ether oxygens (including phenoxy) is 1. The van der Waals surface area contributed by atoms with Crippen LogP contribution in [0.25, 0.3) is 0 Å². The van der Waals surface area contributed by atoms with Gasteiger partial charge in [-0.25, -0.2) is 0 Å². The minimum Gasteiger partial charge on any atom is -0.497 e. The zero-order valence-electron chi connectivity index (χ0n) is 11.6. The molecule has 0 radical (unpaired) electrons. The third-order valence-electron chi connectivity index (χ3n) is 2.45. The number of amides is 1. The van der Waals surface area contributed by atoms with Crippen LogP contribution in [0.15, 0.2) is 24.3 Å². The molecule has 0 fully saturated rings. The zero-order chi connectivity index (χ0) is 14.8. The van der Waals surface area contributed by atoms with Gasteiger partial charge in [0.2, 0.25) is 0 Å². The molecular formula is C13H19N3O2S2. The molecule has 0 bridgehead atoms. The van der Waals surface area contributed by atoms with E-state index in [0.29, 0.717) is 16.4 Å². The van der Waals surface area contributed by atoms with Crippen LogP contribution in [0.5, 0.6) is 5.75 Å². The average Bonchev–Trinajstić information content (AvgIpc) is 2.49. The van der Waals surface area contributed by atoms with E-state index in [1.165, 1.54) is 0 Å². The Hall–Kier alpha value is -1.47. The number of rotatable bonds is 6. The summed E-state index contributed by atoms with van der Waals surface area (Å²) >= 11 is 6.84. The van der Waals surface area contributed by atoms with E-state index in [1.807, 2.05) is 0 Å². The van der Waals surface area contributed by atoms with Gasteiger partial charge in [0.25, 0.3) is 5.91 Å². The van der Waals surface area contributed by atoms with Crippen LogP contribution in [-0.2, 0) is 0 Å². The van der Waals surface area contributed by atoms with Crippen molar-refractivity contribution in [2.24, 2.45) is 0 Å². The number of nitrogens with one attached hydrogen (secondary N) is 3. The Kier molecular flexibility index (Phi) is 7.82. The van der Waals surface area contributed by atoms with Gasteiger partial charge in [0, 0.05) is 12.1 Å². The summed E-state index contributed by atoms with van der Waals surface area (Å²) in [5.41, 5.74) is 5.74. The second-order valence-corrected chi connectivity index (χ2v) is 5.30. The molecule has 0 saturated carbocycles. The van der Waals surface area contributed by atoms with Crippen molar-refractivity contribution in [3.8, 4) is 5.75 Å². The van der Waals surface area contributed by atoms with Gasteiger partial charge in [0.1, 0.15) is 5.75 Å². The van der Waals surface area contributed by atoms with Gasteiger partial charge in [-0.3, -0.25) is 15.6 Å². The fraction of sp³-hybridized carbons (Fsp3) is 0.385. The zero-order valence-corrected chi connectivity index (χ0v) is 13.2. The molecule has 3 N–H and O–H groups in total. The SMILES string of the molecule is COc1ccc(C(=O)NNC(=S)NCCCSC)cc1. The number of hydrogen-bond donors (Lipinski definition) is 3. The van der Waals surface area contributed by atoms with Crippen LogP contribution in [-0.4, -0.2) is 36.7 Å². The van der Waals surface area contributed by atoms with Gasteiger partial charge in [0.15, 0.2) is 5.11 Å². The number of thioether (sulfide) groups is 1. The van der Waals surface area contributed by atoms with Gasteiger partial charge in [-0.15, -0.1) is 0 Å². The number of hydrogen-bond acceptors (Lipinski definition) is 4. The van der Waals surface area contributed by atoms with Crippen LogP contribution in [0.1, 0.15) is 16.8 Å². The molecule has 1 aromatic carbocycles. The predicted octanol–water partition coefficient (Wildman–Crippen LogP) is 1.56. The lowest BCUT2D eigenvalue weighted by Crippen LogP contribution is -2.47. The standard InChI is InChI=1S/C13H19N3O2S2/c1-18-11-6-4-10(5-7-11)12(17)15-16-13(19)14-8-3-9-20-2/h4-7H,3,8-9H2,1-2H3,(H,15,17)(H2,14,16,19). The summed E-state index contributed by atoms with van der Waals surface area (Å²) in [7, 11) is 1.58. The Balaban J connectivity index is 2.29. The number of thiocarbonyl (C=S) groups is 1. The maximum Gasteiger partial charge on any atom is 0.269 e. The highest BCUT2D eigenvalue weighted by Crippen LogP contribution is 2.10. The Morgan fingerprint density at radius 2 is 2.00 bits per heavy atom. The van der Waals surface area contributed by atoms with Crippen molar-refractivity contribution in [1.29, 1.82) is 0 Å². The van der Waals surface area contributed by atoms with E-state index in [2.05, 4.69) is 22.4 Å². The van der Waals surface area contributed by atoms with Crippen molar-refractivity contribution in [3.05, 3.63) is 29.8 Å². The van der Waals surface area contributed by atoms with Gasteiger partial charge in [0.05, 0.1) is 7.11 Å². The lowest BCUT2D eigenvalue weighted by Gasteiger charge is -2.11. The topological polar surface area (TPSA) is 62.4 Å². The molecule has 0 aliphatic rings. The molecule has 0 aromatic heterocycles. The van der Waals surface area contributed by atoms with Crippen molar-refractivity contribution in [1.82, 2.24) is 16.2 Å². The number of hydrazine groups is 1. The highest BCUT2D eigenvalue weighted by atomic mass is 32.2. The molecule has 0 unspecified atom stereocenters. The van der Waals surface area contributed by atoms with Crippen LogP contribution >= 0.6 is 24.0 Å². The van der Waals surface area contributed by atoms with Crippen molar-refractivity contribution in [2.75, 3.05) is 25.7 Å². The average molecular weight is 313 g/mol. The lowest BCUT2D eigenvalue weighted by atomic mass is 10.2. The van der Waals surface area contributed by atoms with Crippen LogP contribution in [0, 0.1) is 0 Å². The van der Waals surface area contributed by atoms with Crippen molar-refractivity contribution in [2.45, 2.75) is 6.42 Å². The van der Waals surface area contributed by atoms with Gasteiger partial charge in [-0.05, 0) is 54.9 Å². The fourth-order valence-corrected chi connectivity index (χ4v) is 1.98. The molecule has 5 nitrogen and oxygen atoms in total. The Labute approximate surface area is 128 Å². The molecule has 1 amide bonds. The van der Waals surface area contributed by atoms with Crippen molar-refractivity contribution in [3.63, 3.8) is 0 Å².